The number of aryl methyl sites for hydroxylation is 1. The summed E-state index contributed by atoms with van der Waals surface area (Å²) in [5.41, 5.74) is 1.71. The van der Waals surface area contributed by atoms with Crippen LogP contribution in [0.5, 0.6) is 5.75 Å². The van der Waals surface area contributed by atoms with E-state index in [0.29, 0.717) is 18.0 Å². The van der Waals surface area contributed by atoms with Crippen LogP contribution >= 0.6 is 0 Å². The number of nitrogens with one attached hydrogen (secondary N) is 1. The average Bonchev–Trinajstić information content (AvgIpc) is 2.67. The highest BCUT2D eigenvalue weighted by Crippen LogP contribution is 2.20. The molecule has 1 N–H and O–H groups in total. The van der Waals surface area contributed by atoms with Crippen LogP contribution < -0.4 is 10.1 Å². The summed E-state index contributed by atoms with van der Waals surface area (Å²) in [7, 11) is -3.77. The van der Waals surface area contributed by atoms with E-state index in [0.717, 1.165) is 16.3 Å². The predicted molar refractivity (Wildman–Crippen MR) is 106 cm³/mol. The zero-order chi connectivity index (χ0) is 19.9. The molecule has 0 saturated carbocycles. The molecule has 1 amide bonds. The van der Waals surface area contributed by atoms with Gasteiger partial charge in [-0.05, 0) is 49.2 Å². The number of likely N-dealkylation sites (N-methyl/N-ethyl adjacent to an activating group) is 1. The highest BCUT2D eigenvalue weighted by molar-refractivity contribution is 7.89. The Morgan fingerprint density at radius 2 is 1.70 bits per heavy atom. The molecule has 2 aromatic carbocycles. The fourth-order valence-electron chi connectivity index (χ4n) is 2.69. The van der Waals surface area contributed by atoms with Crippen molar-refractivity contribution >= 4 is 21.6 Å². The number of rotatable bonds is 9. The maximum absolute atomic E-state index is 12.8. The lowest BCUT2D eigenvalue weighted by Crippen LogP contribution is -2.37. The first-order valence-corrected chi connectivity index (χ1v) is 10.5. The molecule has 27 heavy (non-hydrogen) atoms. The molecule has 0 aromatic heterocycles. The van der Waals surface area contributed by atoms with Crippen LogP contribution in [0.25, 0.3) is 0 Å². The molecular weight excluding hydrogens is 364 g/mol. The van der Waals surface area contributed by atoms with Crippen molar-refractivity contribution in [2.45, 2.75) is 32.1 Å². The highest BCUT2D eigenvalue weighted by atomic mass is 32.2. The maximum atomic E-state index is 12.8. The molecule has 0 radical (unpaired) electrons. The standard InChI is InChI=1S/C20H26N2O4S/c1-4-16-9-7-8-10-19(16)21-20(23)15-22(5-2)27(24,25)18-13-11-17(12-14-18)26-6-3/h7-14H,4-6,15H2,1-3H3,(H,21,23). The lowest BCUT2D eigenvalue weighted by Gasteiger charge is -2.20. The lowest BCUT2D eigenvalue weighted by atomic mass is 10.1. The second kappa shape index (κ2) is 9.53. The van der Waals surface area contributed by atoms with Crippen molar-refractivity contribution in [2.24, 2.45) is 0 Å². The van der Waals surface area contributed by atoms with Gasteiger partial charge in [0.2, 0.25) is 15.9 Å². The van der Waals surface area contributed by atoms with E-state index in [9.17, 15) is 13.2 Å². The minimum absolute atomic E-state index is 0.134. The Balaban J connectivity index is 2.13. The van der Waals surface area contributed by atoms with Crippen LogP contribution in [0.3, 0.4) is 0 Å². The Kier molecular flexibility index (Phi) is 7.38. The summed E-state index contributed by atoms with van der Waals surface area (Å²) >= 11 is 0. The monoisotopic (exact) mass is 390 g/mol. The Hall–Kier alpha value is -2.38. The van der Waals surface area contributed by atoms with E-state index < -0.39 is 10.0 Å². The number of benzene rings is 2. The SMILES string of the molecule is CCOc1ccc(S(=O)(=O)N(CC)CC(=O)Nc2ccccc2CC)cc1. The van der Waals surface area contributed by atoms with E-state index in [4.69, 9.17) is 4.74 Å². The summed E-state index contributed by atoms with van der Waals surface area (Å²) in [6, 6.07) is 13.7. The number of carbonyl (C=O) groups excluding carboxylic acids is 1. The van der Waals surface area contributed by atoms with E-state index >= 15 is 0 Å². The van der Waals surface area contributed by atoms with Crippen molar-refractivity contribution in [1.82, 2.24) is 4.31 Å². The van der Waals surface area contributed by atoms with Gasteiger partial charge in [0.1, 0.15) is 5.75 Å². The smallest absolute Gasteiger partial charge is 0.243 e. The highest BCUT2D eigenvalue weighted by Gasteiger charge is 2.25. The van der Waals surface area contributed by atoms with Crippen LogP contribution in [0.1, 0.15) is 26.3 Å². The van der Waals surface area contributed by atoms with Crippen LogP contribution in [0.4, 0.5) is 5.69 Å². The number of ether oxygens (including phenoxy) is 1. The number of amides is 1. The number of hydrogen-bond acceptors (Lipinski definition) is 4. The van der Waals surface area contributed by atoms with Gasteiger partial charge in [-0.3, -0.25) is 4.79 Å². The van der Waals surface area contributed by atoms with Crippen molar-refractivity contribution in [2.75, 3.05) is 25.0 Å². The molecule has 0 aliphatic rings. The summed E-state index contributed by atoms with van der Waals surface area (Å²) in [5, 5.41) is 2.81. The molecule has 7 heteroatoms. The van der Waals surface area contributed by atoms with Gasteiger partial charge in [0.15, 0.2) is 0 Å². The van der Waals surface area contributed by atoms with Gasteiger partial charge in [0, 0.05) is 12.2 Å². The first-order valence-electron chi connectivity index (χ1n) is 9.03. The van der Waals surface area contributed by atoms with Gasteiger partial charge in [-0.15, -0.1) is 0 Å². The first-order chi connectivity index (χ1) is 12.9. The molecule has 6 nitrogen and oxygen atoms in total. The van der Waals surface area contributed by atoms with Gasteiger partial charge in [-0.2, -0.15) is 4.31 Å². The maximum Gasteiger partial charge on any atom is 0.243 e. The average molecular weight is 391 g/mol. The molecule has 2 rings (SSSR count). The molecule has 0 aliphatic heterocycles. The van der Waals surface area contributed by atoms with Crippen LogP contribution in [0.2, 0.25) is 0 Å². The minimum atomic E-state index is -3.77. The van der Waals surface area contributed by atoms with E-state index in [-0.39, 0.29) is 23.9 Å². The van der Waals surface area contributed by atoms with Crippen LogP contribution in [0.15, 0.2) is 53.4 Å². The summed E-state index contributed by atoms with van der Waals surface area (Å²) < 4.78 is 32.2. The van der Waals surface area contributed by atoms with Gasteiger partial charge < -0.3 is 10.1 Å². The van der Waals surface area contributed by atoms with Crippen molar-refractivity contribution in [3.8, 4) is 5.75 Å². The second-order valence-electron chi connectivity index (χ2n) is 5.89. The normalized spacial score (nSPS) is 11.4. The number of carbonyl (C=O) groups is 1. The van der Waals surface area contributed by atoms with Crippen molar-refractivity contribution in [3.63, 3.8) is 0 Å². The molecule has 0 fully saturated rings. The summed E-state index contributed by atoms with van der Waals surface area (Å²) in [5.74, 6) is 0.237. The van der Waals surface area contributed by atoms with E-state index in [2.05, 4.69) is 5.32 Å². The molecule has 0 heterocycles. The van der Waals surface area contributed by atoms with Crippen LogP contribution in [-0.2, 0) is 21.2 Å². The fourth-order valence-corrected chi connectivity index (χ4v) is 4.10. The Morgan fingerprint density at radius 3 is 2.30 bits per heavy atom. The topological polar surface area (TPSA) is 75.7 Å². The quantitative estimate of drug-likeness (QED) is 0.713. The molecule has 0 spiro atoms. The van der Waals surface area contributed by atoms with Crippen molar-refractivity contribution in [1.29, 1.82) is 0 Å². The first kappa shape index (κ1) is 20.9. The third-order valence-electron chi connectivity index (χ3n) is 4.12. The van der Waals surface area contributed by atoms with Crippen LogP contribution in [-0.4, -0.2) is 38.3 Å². The minimum Gasteiger partial charge on any atom is -0.494 e. The third kappa shape index (κ3) is 5.30. The summed E-state index contributed by atoms with van der Waals surface area (Å²) in [6.45, 7) is 6.02. The van der Waals surface area contributed by atoms with Crippen LogP contribution in [0, 0.1) is 0 Å². The van der Waals surface area contributed by atoms with E-state index in [1.807, 2.05) is 38.1 Å². The lowest BCUT2D eigenvalue weighted by molar-refractivity contribution is -0.116. The fraction of sp³-hybridized carbons (Fsp3) is 0.350. The number of hydrogen-bond donors (Lipinski definition) is 1. The summed E-state index contributed by atoms with van der Waals surface area (Å²) in [4.78, 5) is 12.6. The molecule has 0 unspecified atom stereocenters. The zero-order valence-electron chi connectivity index (χ0n) is 15.9. The number of sulfonamides is 1. The molecule has 0 atom stereocenters. The molecule has 146 valence electrons. The Labute approximate surface area is 161 Å². The summed E-state index contributed by atoms with van der Waals surface area (Å²) in [6.07, 6.45) is 0.776. The second-order valence-corrected chi connectivity index (χ2v) is 7.83. The van der Waals surface area contributed by atoms with Gasteiger partial charge in [-0.1, -0.05) is 32.0 Å². The van der Waals surface area contributed by atoms with E-state index in [1.54, 1.807) is 19.1 Å². The zero-order valence-corrected chi connectivity index (χ0v) is 16.8. The molecule has 0 bridgehead atoms. The van der Waals surface area contributed by atoms with Gasteiger partial charge in [-0.25, -0.2) is 8.42 Å². The van der Waals surface area contributed by atoms with Gasteiger partial charge in [0.05, 0.1) is 18.0 Å². The Bertz CT molecular complexity index is 864. The van der Waals surface area contributed by atoms with Gasteiger partial charge >= 0.3 is 0 Å². The third-order valence-corrected chi connectivity index (χ3v) is 6.05. The number of anilines is 1. The number of para-hydroxylation sites is 1. The van der Waals surface area contributed by atoms with Gasteiger partial charge in [0.25, 0.3) is 0 Å². The molecule has 2 aromatic rings. The van der Waals surface area contributed by atoms with Crippen molar-refractivity contribution in [3.05, 3.63) is 54.1 Å². The number of nitrogens with zero attached hydrogens (tertiary/aromatic N) is 1. The van der Waals surface area contributed by atoms with E-state index in [1.165, 1.54) is 12.1 Å². The van der Waals surface area contributed by atoms with Crippen molar-refractivity contribution < 1.29 is 17.9 Å². The molecular formula is C20H26N2O4S. The predicted octanol–water partition coefficient (Wildman–Crippen LogP) is 3.30. The molecule has 0 aliphatic carbocycles. The Morgan fingerprint density at radius 1 is 1.04 bits per heavy atom. The largest absolute Gasteiger partial charge is 0.494 e. The molecule has 0 saturated heterocycles.